The first kappa shape index (κ1) is 12.9. The van der Waals surface area contributed by atoms with E-state index in [1.807, 2.05) is 6.92 Å². The third-order valence-corrected chi connectivity index (χ3v) is 3.20. The largest absolute Gasteiger partial charge is 0.519 e. The summed E-state index contributed by atoms with van der Waals surface area (Å²) in [6.07, 6.45) is 0. The number of aryl methyl sites for hydroxylation is 1. The Morgan fingerprint density at radius 1 is 1.17 bits per heavy atom. The number of halogens is 1. The van der Waals surface area contributed by atoms with Gasteiger partial charge in [0.1, 0.15) is 5.75 Å². The summed E-state index contributed by atoms with van der Waals surface area (Å²) in [6, 6.07) is 7.02. The molecule has 2 rings (SSSR count). The van der Waals surface area contributed by atoms with E-state index in [9.17, 15) is 13.2 Å². The molecule has 1 heterocycles. The summed E-state index contributed by atoms with van der Waals surface area (Å²) in [4.78, 5) is 11.1. The lowest BCUT2D eigenvalue weighted by atomic mass is 10.1. The SMILES string of the molecule is Cc1ccc(-c2oc(=O)oc2CS(=O)(=O)Cl)cc1. The van der Waals surface area contributed by atoms with Gasteiger partial charge in [0.2, 0.25) is 9.05 Å². The van der Waals surface area contributed by atoms with Crippen molar-refractivity contribution in [3.05, 3.63) is 46.2 Å². The Hall–Kier alpha value is -1.53. The minimum atomic E-state index is -3.82. The Labute approximate surface area is 107 Å². The van der Waals surface area contributed by atoms with E-state index in [-0.39, 0.29) is 11.5 Å². The molecule has 1 aromatic carbocycles. The van der Waals surface area contributed by atoms with E-state index in [1.165, 1.54) is 0 Å². The van der Waals surface area contributed by atoms with Crippen LogP contribution in [0.2, 0.25) is 0 Å². The highest BCUT2D eigenvalue weighted by atomic mass is 35.7. The Morgan fingerprint density at radius 2 is 1.78 bits per heavy atom. The maximum absolute atomic E-state index is 11.1. The van der Waals surface area contributed by atoms with Crippen molar-refractivity contribution in [2.24, 2.45) is 0 Å². The van der Waals surface area contributed by atoms with Crippen molar-refractivity contribution in [3.63, 3.8) is 0 Å². The molecule has 0 spiro atoms. The normalized spacial score (nSPS) is 11.7. The van der Waals surface area contributed by atoms with Crippen molar-refractivity contribution in [1.82, 2.24) is 0 Å². The van der Waals surface area contributed by atoms with Crippen LogP contribution in [-0.2, 0) is 14.8 Å². The van der Waals surface area contributed by atoms with Gasteiger partial charge in [0.15, 0.2) is 11.5 Å². The topological polar surface area (TPSA) is 77.5 Å². The van der Waals surface area contributed by atoms with Crippen molar-refractivity contribution < 1.29 is 17.3 Å². The summed E-state index contributed by atoms with van der Waals surface area (Å²) in [7, 11) is 1.31. The first-order valence-corrected chi connectivity index (χ1v) is 7.45. The lowest BCUT2D eigenvalue weighted by Crippen LogP contribution is -1.95. The molecule has 0 atom stereocenters. The lowest BCUT2D eigenvalue weighted by molar-refractivity contribution is 0.380. The van der Waals surface area contributed by atoms with Crippen LogP contribution in [0.3, 0.4) is 0 Å². The Kier molecular flexibility index (Phi) is 3.32. The van der Waals surface area contributed by atoms with Crippen molar-refractivity contribution in [2.75, 3.05) is 0 Å². The Morgan fingerprint density at radius 3 is 2.33 bits per heavy atom. The Balaban J connectivity index is 2.51. The summed E-state index contributed by atoms with van der Waals surface area (Å²) in [6.45, 7) is 1.90. The predicted molar refractivity (Wildman–Crippen MR) is 65.9 cm³/mol. The third-order valence-electron chi connectivity index (χ3n) is 2.26. The average Bonchev–Trinajstić information content (AvgIpc) is 2.58. The molecule has 5 nitrogen and oxygen atoms in total. The van der Waals surface area contributed by atoms with Crippen LogP contribution in [0.4, 0.5) is 0 Å². The van der Waals surface area contributed by atoms with Crippen LogP contribution < -0.4 is 5.82 Å². The predicted octanol–water partition coefficient (Wildman–Crippen LogP) is 2.28. The van der Waals surface area contributed by atoms with Gasteiger partial charge in [-0.25, -0.2) is 13.2 Å². The minimum absolute atomic E-state index is 0.0872. The molecule has 0 aliphatic rings. The lowest BCUT2D eigenvalue weighted by Gasteiger charge is -1.99. The van der Waals surface area contributed by atoms with Crippen molar-refractivity contribution in [1.29, 1.82) is 0 Å². The molecule has 0 bridgehead atoms. The van der Waals surface area contributed by atoms with Gasteiger partial charge in [0.05, 0.1) is 0 Å². The quantitative estimate of drug-likeness (QED) is 0.810. The van der Waals surface area contributed by atoms with Crippen LogP contribution in [-0.4, -0.2) is 8.42 Å². The molecule has 0 saturated heterocycles. The summed E-state index contributed by atoms with van der Waals surface area (Å²) < 4.78 is 31.5. The van der Waals surface area contributed by atoms with Crippen molar-refractivity contribution >= 4 is 19.7 Å². The fourth-order valence-electron chi connectivity index (χ4n) is 1.48. The highest BCUT2D eigenvalue weighted by Gasteiger charge is 2.20. The van der Waals surface area contributed by atoms with E-state index in [0.29, 0.717) is 5.56 Å². The van der Waals surface area contributed by atoms with E-state index in [4.69, 9.17) is 15.1 Å². The molecule has 0 aliphatic carbocycles. The molecule has 0 aliphatic heterocycles. The fourth-order valence-corrected chi connectivity index (χ4v) is 2.28. The van der Waals surface area contributed by atoms with Gasteiger partial charge in [-0.05, 0) is 6.92 Å². The van der Waals surface area contributed by atoms with E-state index in [1.54, 1.807) is 24.3 Å². The number of benzene rings is 1. The highest BCUT2D eigenvalue weighted by Crippen LogP contribution is 2.25. The van der Waals surface area contributed by atoms with E-state index < -0.39 is 20.6 Å². The van der Waals surface area contributed by atoms with Gasteiger partial charge in [-0.15, -0.1) is 0 Å². The molecule has 0 saturated carbocycles. The van der Waals surface area contributed by atoms with E-state index in [2.05, 4.69) is 4.42 Å². The van der Waals surface area contributed by atoms with Gasteiger partial charge in [0, 0.05) is 16.2 Å². The van der Waals surface area contributed by atoms with Gasteiger partial charge < -0.3 is 8.83 Å². The third kappa shape index (κ3) is 3.02. The molecule has 0 amide bonds. The number of hydrogen-bond acceptors (Lipinski definition) is 5. The van der Waals surface area contributed by atoms with E-state index in [0.717, 1.165) is 5.56 Å². The summed E-state index contributed by atoms with van der Waals surface area (Å²) in [5.41, 5.74) is 1.58. The molecular weight excluding hydrogens is 280 g/mol. The maximum Gasteiger partial charge on any atom is 0.519 e. The molecular formula is C11H9ClO5S. The Bertz CT molecular complexity index is 709. The monoisotopic (exact) mass is 288 g/mol. The number of rotatable bonds is 3. The molecule has 0 unspecified atom stereocenters. The zero-order chi connectivity index (χ0) is 13.3. The van der Waals surface area contributed by atoms with Crippen LogP contribution in [0.15, 0.2) is 37.9 Å². The second-order valence-corrected chi connectivity index (χ2v) is 6.53. The molecule has 96 valence electrons. The molecule has 1 aromatic heterocycles. The molecule has 2 aromatic rings. The fraction of sp³-hybridized carbons (Fsp3) is 0.182. The van der Waals surface area contributed by atoms with Crippen LogP contribution in [0.1, 0.15) is 11.3 Å². The first-order valence-electron chi connectivity index (χ1n) is 4.97. The van der Waals surface area contributed by atoms with Crippen LogP contribution in [0.5, 0.6) is 0 Å². The number of hydrogen-bond donors (Lipinski definition) is 0. The highest BCUT2D eigenvalue weighted by molar-refractivity contribution is 8.13. The van der Waals surface area contributed by atoms with Crippen LogP contribution in [0.25, 0.3) is 11.3 Å². The average molecular weight is 289 g/mol. The standard InChI is InChI=1S/C11H9ClO5S/c1-7-2-4-8(5-3-7)10-9(6-18(12,14)15)16-11(13)17-10/h2-5H,6H2,1H3. The zero-order valence-electron chi connectivity index (χ0n) is 9.34. The molecule has 0 fully saturated rings. The maximum atomic E-state index is 11.1. The van der Waals surface area contributed by atoms with Crippen molar-refractivity contribution in [2.45, 2.75) is 12.7 Å². The summed E-state index contributed by atoms with van der Waals surface area (Å²) in [5, 5.41) is 0. The molecule has 7 heteroatoms. The van der Waals surface area contributed by atoms with Crippen LogP contribution >= 0.6 is 10.7 Å². The second kappa shape index (κ2) is 4.62. The first-order chi connectivity index (χ1) is 8.35. The minimum Gasteiger partial charge on any atom is -0.394 e. The smallest absolute Gasteiger partial charge is 0.394 e. The van der Waals surface area contributed by atoms with Gasteiger partial charge >= 0.3 is 5.82 Å². The van der Waals surface area contributed by atoms with Gasteiger partial charge in [-0.1, -0.05) is 29.8 Å². The molecule has 0 N–H and O–H groups in total. The van der Waals surface area contributed by atoms with Gasteiger partial charge in [-0.2, -0.15) is 0 Å². The zero-order valence-corrected chi connectivity index (χ0v) is 10.9. The molecule has 0 radical (unpaired) electrons. The summed E-state index contributed by atoms with van der Waals surface area (Å²) >= 11 is 0. The van der Waals surface area contributed by atoms with E-state index >= 15 is 0 Å². The van der Waals surface area contributed by atoms with Crippen LogP contribution in [0, 0.1) is 6.92 Å². The van der Waals surface area contributed by atoms with Gasteiger partial charge in [0.25, 0.3) is 0 Å². The second-order valence-electron chi connectivity index (χ2n) is 3.76. The molecule has 18 heavy (non-hydrogen) atoms. The van der Waals surface area contributed by atoms with Gasteiger partial charge in [-0.3, -0.25) is 0 Å². The van der Waals surface area contributed by atoms with Crippen molar-refractivity contribution in [3.8, 4) is 11.3 Å². The summed E-state index contributed by atoms with van der Waals surface area (Å²) in [5.74, 6) is -1.56.